The lowest BCUT2D eigenvalue weighted by atomic mass is 9.65. The maximum Gasteiger partial charge on any atom is 0.259 e. The van der Waals surface area contributed by atoms with E-state index in [0.717, 1.165) is 52.1 Å². The van der Waals surface area contributed by atoms with Crippen LogP contribution in [0.2, 0.25) is 0 Å². The van der Waals surface area contributed by atoms with Crippen LogP contribution in [0.5, 0.6) is 0 Å². The van der Waals surface area contributed by atoms with E-state index in [1.54, 1.807) is 4.90 Å². The summed E-state index contributed by atoms with van der Waals surface area (Å²) >= 11 is 0. The summed E-state index contributed by atoms with van der Waals surface area (Å²) < 4.78 is 33.9. The molecule has 9 nitrogen and oxygen atoms in total. The molecule has 10 heteroatoms. The first kappa shape index (κ1) is 28.2. The number of hydrogen-bond acceptors (Lipinski definition) is 8. The Hall–Kier alpha value is -1.59. The van der Waals surface area contributed by atoms with Crippen molar-refractivity contribution in [3.63, 3.8) is 0 Å². The summed E-state index contributed by atoms with van der Waals surface area (Å²) in [5.41, 5.74) is 0.238. The molecule has 4 heterocycles. The Labute approximate surface area is 243 Å². The van der Waals surface area contributed by atoms with E-state index in [4.69, 9.17) is 14.2 Å². The largest absolute Gasteiger partial charge is 0.379 e. The van der Waals surface area contributed by atoms with Crippen LogP contribution >= 0.6 is 0 Å². The predicted molar refractivity (Wildman–Crippen MR) is 150 cm³/mol. The second-order valence-electron chi connectivity index (χ2n) is 13.4. The molecule has 6 fully saturated rings. The van der Waals surface area contributed by atoms with Crippen molar-refractivity contribution < 1.29 is 28.2 Å². The first-order valence-electron chi connectivity index (χ1n) is 16.3. The fourth-order valence-corrected chi connectivity index (χ4v) is 9.02. The maximum atomic E-state index is 16.1. The average Bonchev–Trinajstić information content (AvgIpc) is 3.01. The molecule has 228 valence electrons. The van der Waals surface area contributed by atoms with E-state index in [-0.39, 0.29) is 41.9 Å². The van der Waals surface area contributed by atoms with Crippen molar-refractivity contribution in [2.45, 2.75) is 87.9 Å². The monoisotopic (exact) mass is 574 g/mol. The fourth-order valence-electron chi connectivity index (χ4n) is 9.02. The maximum absolute atomic E-state index is 16.1. The molecule has 41 heavy (non-hydrogen) atoms. The number of ether oxygens (including phenoxy) is 3. The third-order valence-electron chi connectivity index (χ3n) is 11.1. The van der Waals surface area contributed by atoms with Crippen LogP contribution in [0.4, 0.5) is 4.39 Å². The molecule has 4 aliphatic heterocycles. The van der Waals surface area contributed by atoms with Gasteiger partial charge in [0.05, 0.1) is 62.3 Å². The number of carbonyl (C=O) groups excluding carboxylic acids is 2. The number of amides is 1. The van der Waals surface area contributed by atoms with Gasteiger partial charge in [0.15, 0.2) is 5.78 Å². The third-order valence-corrected chi connectivity index (χ3v) is 11.1. The second-order valence-corrected chi connectivity index (χ2v) is 13.4. The molecule has 0 aromatic carbocycles. The first-order valence-corrected chi connectivity index (χ1v) is 16.3. The minimum atomic E-state index is -1.20. The Morgan fingerprint density at radius 3 is 2.44 bits per heavy atom. The number of nitrogens with zero attached hydrogens (tertiary/aromatic N) is 3. The van der Waals surface area contributed by atoms with Crippen molar-refractivity contribution >= 4 is 11.7 Å². The van der Waals surface area contributed by atoms with Crippen molar-refractivity contribution in [2.75, 3.05) is 65.7 Å². The van der Waals surface area contributed by atoms with Crippen molar-refractivity contribution in [2.24, 2.45) is 17.8 Å². The van der Waals surface area contributed by atoms with Gasteiger partial charge < -0.3 is 29.3 Å². The molecular weight excluding hydrogens is 527 g/mol. The van der Waals surface area contributed by atoms with Gasteiger partial charge in [0, 0.05) is 38.3 Å². The second kappa shape index (κ2) is 12.2. The highest BCUT2D eigenvalue weighted by Gasteiger charge is 2.59. The molecule has 0 spiro atoms. The number of ketones is 1. The quantitative estimate of drug-likeness (QED) is 0.380. The SMILES string of the molecule is O=C1C(C(=O)N2CCOCC2)=CN2C3CC4CCCCC4CC3OC3C(NCCCN4CCOCC4)C(F)CC1C32. The number of morpholine rings is 3. The van der Waals surface area contributed by atoms with Gasteiger partial charge in [-0.1, -0.05) is 25.7 Å². The molecule has 0 bridgehead atoms. The van der Waals surface area contributed by atoms with Crippen LogP contribution in [0, 0.1) is 17.8 Å². The Morgan fingerprint density at radius 1 is 0.976 bits per heavy atom. The van der Waals surface area contributed by atoms with Gasteiger partial charge in [-0.25, -0.2) is 4.39 Å². The van der Waals surface area contributed by atoms with Gasteiger partial charge in [-0.3, -0.25) is 14.5 Å². The van der Waals surface area contributed by atoms with Crippen LogP contribution in [0.1, 0.15) is 51.4 Å². The number of carbonyl (C=O) groups is 2. The lowest BCUT2D eigenvalue weighted by molar-refractivity contribution is -0.208. The Bertz CT molecular complexity index is 1000. The van der Waals surface area contributed by atoms with Crippen molar-refractivity contribution in [1.82, 2.24) is 20.0 Å². The van der Waals surface area contributed by atoms with E-state index in [9.17, 15) is 9.59 Å². The van der Waals surface area contributed by atoms with Crippen LogP contribution in [0.15, 0.2) is 11.8 Å². The highest BCUT2D eigenvalue weighted by Crippen LogP contribution is 2.50. The topological polar surface area (TPSA) is 83.6 Å². The predicted octanol–water partition coefficient (Wildman–Crippen LogP) is 1.76. The Morgan fingerprint density at radius 2 is 1.68 bits per heavy atom. The van der Waals surface area contributed by atoms with Gasteiger partial charge in [-0.2, -0.15) is 0 Å². The van der Waals surface area contributed by atoms with E-state index in [0.29, 0.717) is 44.7 Å². The van der Waals surface area contributed by atoms with Crippen molar-refractivity contribution in [1.29, 1.82) is 0 Å². The molecule has 9 unspecified atom stereocenters. The fraction of sp³-hybridized carbons (Fsp3) is 0.871. The number of nitrogens with one attached hydrogen (secondary N) is 1. The zero-order valence-corrected chi connectivity index (χ0v) is 24.3. The van der Waals surface area contributed by atoms with Gasteiger partial charge >= 0.3 is 0 Å². The highest BCUT2D eigenvalue weighted by atomic mass is 19.1. The summed E-state index contributed by atoms with van der Waals surface area (Å²) in [5, 5.41) is 3.55. The molecule has 3 saturated carbocycles. The standard InChI is InChI=1S/C31H47FN4O5/c32-24-18-22-28-30(27(24)33-6-3-7-34-8-12-39-13-9-34)41-26-17-21-5-2-1-4-20(21)16-25(26)36(28)19-23(29(22)37)31(38)35-10-14-40-15-11-35/h19-22,24-28,30,33H,1-18H2. The normalized spacial score (nSPS) is 41.2. The molecule has 1 amide bonds. The zero-order valence-electron chi connectivity index (χ0n) is 24.3. The average molecular weight is 575 g/mol. The van der Waals surface area contributed by atoms with E-state index in [2.05, 4.69) is 15.1 Å². The summed E-state index contributed by atoms with van der Waals surface area (Å²) in [7, 11) is 0. The molecule has 3 aliphatic carbocycles. The lowest BCUT2D eigenvalue weighted by Crippen LogP contribution is -2.73. The molecule has 0 aromatic heterocycles. The highest BCUT2D eigenvalue weighted by molar-refractivity contribution is 6.20. The molecule has 0 aromatic rings. The van der Waals surface area contributed by atoms with E-state index in [1.807, 2.05) is 6.20 Å². The van der Waals surface area contributed by atoms with Crippen molar-refractivity contribution in [3.05, 3.63) is 11.8 Å². The molecule has 7 aliphatic rings. The summed E-state index contributed by atoms with van der Waals surface area (Å²) in [6, 6.07) is -0.545. The van der Waals surface area contributed by atoms with Crippen LogP contribution in [0.25, 0.3) is 0 Å². The number of Topliss-reactive ketones (excluding diaryl/α,β-unsaturated/α-hetero) is 1. The number of rotatable bonds is 6. The molecule has 0 radical (unpaired) electrons. The van der Waals surface area contributed by atoms with E-state index in [1.165, 1.54) is 25.7 Å². The van der Waals surface area contributed by atoms with Crippen LogP contribution < -0.4 is 5.32 Å². The number of hydrogen-bond donors (Lipinski definition) is 1. The molecule has 3 saturated heterocycles. The molecule has 9 atom stereocenters. The van der Waals surface area contributed by atoms with Gasteiger partial charge in [0.2, 0.25) is 0 Å². The lowest BCUT2D eigenvalue weighted by Gasteiger charge is -2.61. The molecule has 7 rings (SSSR count). The summed E-state index contributed by atoms with van der Waals surface area (Å²) in [4.78, 5) is 34.0. The number of alkyl halides is 1. The van der Waals surface area contributed by atoms with Gasteiger partial charge in [-0.15, -0.1) is 0 Å². The Kier molecular flexibility index (Phi) is 8.38. The van der Waals surface area contributed by atoms with Crippen LogP contribution in [0.3, 0.4) is 0 Å². The number of fused-ring (bicyclic) bond motifs is 3. The van der Waals surface area contributed by atoms with E-state index >= 15 is 4.39 Å². The van der Waals surface area contributed by atoms with E-state index < -0.39 is 24.2 Å². The Balaban J connectivity index is 1.14. The number of halogens is 1. The minimum absolute atomic E-state index is 0.00314. The third kappa shape index (κ3) is 5.48. The van der Waals surface area contributed by atoms with Crippen LogP contribution in [-0.4, -0.2) is 129 Å². The molecule has 1 N–H and O–H groups in total. The summed E-state index contributed by atoms with van der Waals surface area (Å²) in [6.45, 7) is 7.07. The van der Waals surface area contributed by atoms with Gasteiger partial charge in [-0.05, 0) is 50.6 Å². The zero-order chi connectivity index (χ0) is 27.9. The van der Waals surface area contributed by atoms with Crippen LogP contribution in [-0.2, 0) is 23.8 Å². The molecular formula is C31H47FN4O5. The summed E-state index contributed by atoms with van der Waals surface area (Å²) in [6.07, 6.45) is 8.43. The minimum Gasteiger partial charge on any atom is -0.379 e. The smallest absolute Gasteiger partial charge is 0.259 e. The summed E-state index contributed by atoms with van der Waals surface area (Å²) in [5.74, 6) is 0.346. The van der Waals surface area contributed by atoms with Crippen molar-refractivity contribution in [3.8, 4) is 0 Å². The first-order chi connectivity index (χ1) is 20.1. The van der Waals surface area contributed by atoms with Gasteiger partial charge in [0.25, 0.3) is 5.91 Å². The van der Waals surface area contributed by atoms with Gasteiger partial charge in [0.1, 0.15) is 6.17 Å².